The number of nitrogens with zero attached hydrogens (tertiary/aromatic N) is 1. The van der Waals surface area contributed by atoms with Gasteiger partial charge in [0.2, 0.25) is 0 Å². The summed E-state index contributed by atoms with van der Waals surface area (Å²) in [7, 11) is 2.13. The number of aryl methyl sites for hydroxylation is 1. The third-order valence-electron chi connectivity index (χ3n) is 3.97. The van der Waals surface area contributed by atoms with Crippen molar-refractivity contribution in [2.24, 2.45) is 0 Å². The highest BCUT2D eigenvalue weighted by molar-refractivity contribution is 5.37. The number of phenolic OH excluding ortho intramolecular Hbond substituents is 1. The van der Waals surface area contributed by atoms with Crippen molar-refractivity contribution in [2.45, 2.75) is 38.8 Å². The van der Waals surface area contributed by atoms with Gasteiger partial charge >= 0.3 is 0 Å². The summed E-state index contributed by atoms with van der Waals surface area (Å²) in [6.07, 6.45) is 2.54. The van der Waals surface area contributed by atoms with Gasteiger partial charge in [-0.1, -0.05) is 17.7 Å². The van der Waals surface area contributed by atoms with E-state index < -0.39 is 0 Å². The molecule has 0 aliphatic carbocycles. The Morgan fingerprint density at radius 1 is 1.50 bits per heavy atom. The van der Waals surface area contributed by atoms with Crippen molar-refractivity contribution in [3.63, 3.8) is 0 Å². The van der Waals surface area contributed by atoms with Crippen LogP contribution >= 0.6 is 0 Å². The second kappa shape index (κ2) is 5.72. The Hall–Kier alpha value is -1.06. The van der Waals surface area contributed by atoms with Gasteiger partial charge in [0, 0.05) is 24.2 Å². The molecule has 0 amide bonds. The zero-order valence-corrected chi connectivity index (χ0v) is 11.6. The van der Waals surface area contributed by atoms with Crippen molar-refractivity contribution in [2.75, 3.05) is 20.1 Å². The highest BCUT2D eigenvalue weighted by atomic mass is 16.3. The van der Waals surface area contributed by atoms with Gasteiger partial charge in [-0.15, -0.1) is 0 Å². The van der Waals surface area contributed by atoms with Crippen LogP contribution in [0.25, 0.3) is 0 Å². The highest BCUT2D eigenvalue weighted by Crippen LogP contribution is 2.28. The molecule has 2 unspecified atom stereocenters. The number of likely N-dealkylation sites (N-methyl/N-ethyl adjacent to an activating group) is 1. The largest absolute Gasteiger partial charge is 0.508 e. The number of benzene rings is 1. The molecule has 1 aromatic rings. The molecule has 0 aromatic heterocycles. The molecule has 18 heavy (non-hydrogen) atoms. The predicted molar refractivity (Wildman–Crippen MR) is 74.9 cm³/mol. The van der Waals surface area contributed by atoms with Gasteiger partial charge in [-0.2, -0.15) is 0 Å². The van der Waals surface area contributed by atoms with Gasteiger partial charge in [0.25, 0.3) is 0 Å². The number of aromatic hydroxyl groups is 1. The zero-order chi connectivity index (χ0) is 13.1. The van der Waals surface area contributed by atoms with E-state index in [1.165, 1.54) is 18.4 Å². The van der Waals surface area contributed by atoms with E-state index in [0.717, 1.165) is 18.7 Å². The first-order valence-corrected chi connectivity index (χ1v) is 6.81. The molecule has 1 saturated heterocycles. The smallest absolute Gasteiger partial charge is 0.120 e. The monoisotopic (exact) mass is 248 g/mol. The maximum atomic E-state index is 9.97. The fraction of sp³-hybridized carbons (Fsp3) is 0.600. The van der Waals surface area contributed by atoms with Crippen LogP contribution in [0.4, 0.5) is 0 Å². The van der Waals surface area contributed by atoms with E-state index in [0.29, 0.717) is 11.8 Å². The molecule has 1 heterocycles. The molecular weight excluding hydrogens is 224 g/mol. The summed E-state index contributed by atoms with van der Waals surface area (Å²) in [6.45, 7) is 6.40. The minimum absolute atomic E-state index is 0.243. The highest BCUT2D eigenvalue weighted by Gasteiger charge is 2.21. The third kappa shape index (κ3) is 3.03. The molecule has 1 fully saturated rings. The van der Waals surface area contributed by atoms with Crippen LogP contribution in [0.15, 0.2) is 18.2 Å². The minimum Gasteiger partial charge on any atom is -0.508 e. The lowest BCUT2D eigenvalue weighted by Gasteiger charge is -2.28. The minimum atomic E-state index is 0.243. The first kappa shape index (κ1) is 13.4. The lowest BCUT2D eigenvalue weighted by molar-refractivity contribution is 0.234. The van der Waals surface area contributed by atoms with Crippen molar-refractivity contribution < 1.29 is 5.11 Å². The van der Waals surface area contributed by atoms with Gasteiger partial charge in [-0.25, -0.2) is 0 Å². The Balaban J connectivity index is 2.04. The van der Waals surface area contributed by atoms with Gasteiger partial charge in [-0.05, 0) is 46.3 Å². The first-order valence-electron chi connectivity index (χ1n) is 6.81. The molecule has 0 bridgehead atoms. The number of hydrogen-bond acceptors (Lipinski definition) is 3. The second-order valence-corrected chi connectivity index (χ2v) is 5.47. The number of phenols is 1. The van der Waals surface area contributed by atoms with Crippen molar-refractivity contribution in [1.82, 2.24) is 10.2 Å². The summed E-state index contributed by atoms with van der Waals surface area (Å²) in [4.78, 5) is 2.32. The average Bonchev–Trinajstić information content (AvgIpc) is 2.84. The number of hydrogen-bond donors (Lipinski definition) is 2. The van der Waals surface area contributed by atoms with Gasteiger partial charge in [0.1, 0.15) is 5.75 Å². The SMILES string of the molecule is Cc1ccc(O)c(C(C)N(C)CC2CCCN2)c1. The predicted octanol–water partition coefficient (Wildman–Crippen LogP) is 2.45. The Morgan fingerprint density at radius 3 is 2.94 bits per heavy atom. The molecule has 0 radical (unpaired) electrons. The quantitative estimate of drug-likeness (QED) is 0.859. The van der Waals surface area contributed by atoms with E-state index in [1.54, 1.807) is 6.07 Å². The Morgan fingerprint density at radius 2 is 2.28 bits per heavy atom. The molecule has 3 heteroatoms. The fourth-order valence-corrected chi connectivity index (χ4v) is 2.66. The molecule has 2 N–H and O–H groups in total. The normalized spacial score (nSPS) is 21.4. The van der Waals surface area contributed by atoms with Crippen LogP contribution < -0.4 is 5.32 Å². The molecule has 2 rings (SSSR count). The topological polar surface area (TPSA) is 35.5 Å². The lowest BCUT2D eigenvalue weighted by Crippen LogP contribution is -2.36. The molecule has 1 aliphatic heterocycles. The van der Waals surface area contributed by atoms with E-state index in [9.17, 15) is 5.11 Å². The molecule has 1 aromatic carbocycles. The number of rotatable bonds is 4. The Kier molecular flexibility index (Phi) is 4.25. The summed E-state index contributed by atoms with van der Waals surface area (Å²) in [5, 5.41) is 13.5. The van der Waals surface area contributed by atoms with Crippen molar-refractivity contribution in [3.8, 4) is 5.75 Å². The van der Waals surface area contributed by atoms with Gasteiger partial charge in [-0.3, -0.25) is 4.90 Å². The zero-order valence-electron chi connectivity index (χ0n) is 11.6. The molecule has 0 spiro atoms. The van der Waals surface area contributed by atoms with Crippen molar-refractivity contribution in [1.29, 1.82) is 0 Å². The average molecular weight is 248 g/mol. The van der Waals surface area contributed by atoms with Gasteiger partial charge < -0.3 is 10.4 Å². The van der Waals surface area contributed by atoms with Crippen LogP contribution in [-0.4, -0.2) is 36.2 Å². The molecule has 1 aliphatic rings. The Labute approximate surface area is 110 Å². The summed E-state index contributed by atoms with van der Waals surface area (Å²) in [5.41, 5.74) is 2.22. The van der Waals surface area contributed by atoms with Crippen LogP contribution in [-0.2, 0) is 0 Å². The van der Waals surface area contributed by atoms with E-state index in [2.05, 4.69) is 37.2 Å². The van der Waals surface area contributed by atoms with Crippen LogP contribution in [0.3, 0.4) is 0 Å². The molecule has 2 atom stereocenters. The molecule has 0 saturated carbocycles. The molecule has 100 valence electrons. The van der Waals surface area contributed by atoms with Crippen LogP contribution in [0.5, 0.6) is 5.75 Å². The standard InChI is InChI=1S/C15H24N2O/c1-11-6-7-15(18)14(9-11)12(2)17(3)10-13-5-4-8-16-13/h6-7,9,12-13,16,18H,4-5,8,10H2,1-3H3. The Bertz CT molecular complexity index is 399. The van der Waals surface area contributed by atoms with E-state index >= 15 is 0 Å². The summed E-state index contributed by atoms with van der Waals surface area (Å²) in [5.74, 6) is 0.402. The maximum absolute atomic E-state index is 9.97. The van der Waals surface area contributed by atoms with Gasteiger partial charge in [0.15, 0.2) is 0 Å². The second-order valence-electron chi connectivity index (χ2n) is 5.47. The summed E-state index contributed by atoms with van der Waals surface area (Å²) in [6, 6.07) is 6.67. The van der Waals surface area contributed by atoms with E-state index in [4.69, 9.17) is 0 Å². The van der Waals surface area contributed by atoms with E-state index in [1.807, 2.05) is 6.07 Å². The lowest BCUT2D eigenvalue weighted by atomic mass is 10.0. The van der Waals surface area contributed by atoms with Crippen molar-refractivity contribution in [3.05, 3.63) is 29.3 Å². The fourth-order valence-electron chi connectivity index (χ4n) is 2.66. The first-order chi connectivity index (χ1) is 8.58. The van der Waals surface area contributed by atoms with Crippen LogP contribution in [0, 0.1) is 6.92 Å². The van der Waals surface area contributed by atoms with Crippen LogP contribution in [0.2, 0.25) is 0 Å². The summed E-state index contributed by atoms with van der Waals surface area (Å²) < 4.78 is 0. The van der Waals surface area contributed by atoms with Gasteiger partial charge in [0.05, 0.1) is 0 Å². The van der Waals surface area contributed by atoms with Crippen molar-refractivity contribution >= 4 is 0 Å². The maximum Gasteiger partial charge on any atom is 0.120 e. The molecule has 3 nitrogen and oxygen atoms in total. The van der Waals surface area contributed by atoms with Crippen LogP contribution in [0.1, 0.15) is 36.9 Å². The molecular formula is C15H24N2O. The number of nitrogens with one attached hydrogen (secondary N) is 1. The third-order valence-corrected chi connectivity index (χ3v) is 3.97. The van der Waals surface area contributed by atoms with E-state index in [-0.39, 0.29) is 6.04 Å². The summed E-state index contributed by atoms with van der Waals surface area (Å²) >= 11 is 0.